The summed E-state index contributed by atoms with van der Waals surface area (Å²) in [5, 5.41) is 4.42. The molecule has 5 nitrogen and oxygen atoms in total. The molecule has 0 saturated heterocycles. The van der Waals surface area contributed by atoms with Crippen LogP contribution in [0.15, 0.2) is 64.5 Å². The lowest BCUT2D eigenvalue weighted by Crippen LogP contribution is -2.06. The molecule has 0 fully saturated rings. The van der Waals surface area contributed by atoms with Crippen LogP contribution < -0.4 is 5.56 Å². The number of fused-ring (bicyclic) bond motifs is 1. The largest absolute Gasteiger partial charge is 0.322 e. The number of hydrogen-bond donors (Lipinski definition) is 1. The smallest absolute Gasteiger partial charge is 0.258 e. The number of aromatic nitrogens is 1. The molecule has 96 valence electrons. The van der Waals surface area contributed by atoms with Crippen molar-refractivity contribution in [3.05, 3.63) is 75.4 Å². The molecule has 0 aliphatic rings. The summed E-state index contributed by atoms with van der Waals surface area (Å²) in [6.07, 6.45) is 0. The molecule has 0 saturated carbocycles. The van der Waals surface area contributed by atoms with Crippen molar-refractivity contribution in [2.45, 2.75) is 0 Å². The van der Waals surface area contributed by atoms with Crippen molar-refractivity contribution >= 4 is 16.6 Å². The van der Waals surface area contributed by atoms with E-state index in [4.69, 9.17) is 5.53 Å². The number of H-pyrrole nitrogens is 1. The number of para-hydroxylation sites is 1. The Morgan fingerprint density at radius 2 is 1.70 bits per heavy atom. The lowest BCUT2D eigenvalue weighted by Gasteiger charge is -2.09. The molecule has 0 amide bonds. The highest BCUT2D eigenvalue weighted by Gasteiger charge is 2.12. The van der Waals surface area contributed by atoms with Crippen molar-refractivity contribution in [1.29, 1.82) is 0 Å². The standard InChI is InChI=1S/C15H10N4O/c16-19-18-14-13(10-6-2-1-3-7-10)11-8-4-5-9-12(11)17-15(14)20/h1-9H,(H,17,20). The Labute approximate surface area is 114 Å². The molecule has 0 spiro atoms. The molecule has 1 heterocycles. The minimum Gasteiger partial charge on any atom is -0.322 e. The van der Waals surface area contributed by atoms with E-state index in [1.54, 1.807) is 0 Å². The molecule has 2 aromatic carbocycles. The number of benzene rings is 2. The number of nitrogens with one attached hydrogen (secondary N) is 1. The van der Waals surface area contributed by atoms with Crippen LogP contribution in [0.1, 0.15) is 0 Å². The normalized spacial score (nSPS) is 10.2. The van der Waals surface area contributed by atoms with Gasteiger partial charge in [-0.25, -0.2) is 0 Å². The van der Waals surface area contributed by atoms with Gasteiger partial charge in [-0.1, -0.05) is 53.6 Å². The molecule has 1 N–H and O–H groups in total. The summed E-state index contributed by atoms with van der Waals surface area (Å²) in [7, 11) is 0. The average Bonchev–Trinajstić information content (AvgIpc) is 2.49. The Morgan fingerprint density at radius 1 is 1.00 bits per heavy atom. The summed E-state index contributed by atoms with van der Waals surface area (Å²) in [5.41, 5.74) is 10.6. The summed E-state index contributed by atoms with van der Waals surface area (Å²) >= 11 is 0. The van der Waals surface area contributed by atoms with Gasteiger partial charge in [-0.05, 0) is 17.2 Å². The molecule has 3 rings (SSSR count). The maximum Gasteiger partial charge on any atom is 0.258 e. The number of rotatable bonds is 2. The highest BCUT2D eigenvalue weighted by atomic mass is 16.1. The first-order chi connectivity index (χ1) is 9.81. The molecule has 3 aromatic rings. The Kier molecular flexibility index (Phi) is 2.95. The zero-order chi connectivity index (χ0) is 13.9. The molecule has 0 bridgehead atoms. The molecule has 20 heavy (non-hydrogen) atoms. The third kappa shape index (κ3) is 1.92. The van der Waals surface area contributed by atoms with Gasteiger partial charge >= 0.3 is 0 Å². The van der Waals surface area contributed by atoms with E-state index in [2.05, 4.69) is 15.0 Å². The number of aromatic amines is 1. The van der Waals surface area contributed by atoms with Crippen molar-refractivity contribution in [2.75, 3.05) is 0 Å². The number of hydrogen-bond acceptors (Lipinski definition) is 2. The minimum absolute atomic E-state index is 0.0948. The highest BCUT2D eigenvalue weighted by Crippen LogP contribution is 2.33. The van der Waals surface area contributed by atoms with E-state index in [9.17, 15) is 4.79 Å². The van der Waals surface area contributed by atoms with E-state index in [1.165, 1.54) is 0 Å². The van der Waals surface area contributed by atoms with Gasteiger partial charge in [0.25, 0.3) is 5.56 Å². The van der Waals surface area contributed by atoms with E-state index in [1.807, 2.05) is 54.6 Å². The zero-order valence-electron chi connectivity index (χ0n) is 10.4. The van der Waals surface area contributed by atoms with Crippen LogP contribution in [0.3, 0.4) is 0 Å². The molecule has 1 aromatic heterocycles. The van der Waals surface area contributed by atoms with Crippen LogP contribution in [0.4, 0.5) is 5.69 Å². The van der Waals surface area contributed by atoms with Crippen LogP contribution in [0.25, 0.3) is 32.5 Å². The second kappa shape index (κ2) is 4.91. The lowest BCUT2D eigenvalue weighted by molar-refractivity contribution is 1.27. The van der Waals surface area contributed by atoms with Crippen molar-refractivity contribution in [3.63, 3.8) is 0 Å². The maximum absolute atomic E-state index is 12.1. The van der Waals surface area contributed by atoms with E-state index >= 15 is 0 Å². The molecular formula is C15H10N4O. The van der Waals surface area contributed by atoms with E-state index in [0.717, 1.165) is 10.9 Å². The van der Waals surface area contributed by atoms with E-state index in [-0.39, 0.29) is 11.2 Å². The number of nitrogens with zero attached hydrogens (tertiary/aromatic N) is 3. The first kappa shape index (κ1) is 12.0. The summed E-state index contributed by atoms with van der Waals surface area (Å²) in [4.78, 5) is 17.6. The first-order valence-electron chi connectivity index (χ1n) is 6.07. The third-order valence-corrected chi connectivity index (χ3v) is 3.10. The monoisotopic (exact) mass is 262 g/mol. The van der Waals surface area contributed by atoms with E-state index in [0.29, 0.717) is 11.1 Å². The lowest BCUT2D eigenvalue weighted by atomic mass is 10.00. The van der Waals surface area contributed by atoms with Crippen LogP contribution in [-0.4, -0.2) is 4.98 Å². The van der Waals surface area contributed by atoms with Gasteiger partial charge in [0.05, 0.1) is 0 Å². The van der Waals surface area contributed by atoms with Gasteiger partial charge in [-0.2, -0.15) is 0 Å². The molecular weight excluding hydrogens is 252 g/mol. The second-order valence-corrected chi connectivity index (χ2v) is 4.28. The Morgan fingerprint density at radius 3 is 2.45 bits per heavy atom. The van der Waals surface area contributed by atoms with Crippen LogP contribution >= 0.6 is 0 Å². The number of pyridine rings is 1. The van der Waals surface area contributed by atoms with Gasteiger partial charge in [-0.15, -0.1) is 0 Å². The highest BCUT2D eigenvalue weighted by molar-refractivity contribution is 5.99. The van der Waals surface area contributed by atoms with Crippen molar-refractivity contribution in [2.24, 2.45) is 5.11 Å². The Balaban J connectivity index is 2.51. The average molecular weight is 262 g/mol. The summed E-state index contributed by atoms with van der Waals surface area (Å²) < 4.78 is 0. The molecule has 0 aliphatic carbocycles. The van der Waals surface area contributed by atoms with Gasteiger partial charge in [0.2, 0.25) is 0 Å². The predicted molar refractivity (Wildman–Crippen MR) is 78.8 cm³/mol. The summed E-state index contributed by atoms with van der Waals surface area (Å²) in [5.74, 6) is 0. The van der Waals surface area contributed by atoms with E-state index < -0.39 is 0 Å². The molecule has 0 atom stereocenters. The molecule has 0 radical (unpaired) electrons. The van der Waals surface area contributed by atoms with Crippen molar-refractivity contribution in [3.8, 4) is 11.1 Å². The zero-order valence-corrected chi connectivity index (χ0v) is 10.4. The topological polar surface area (TPSA) is 81.6 Å². The minimum atomic E-state index is -0.389. The Bertz CT molecular complexity index is 877. The fourth-order valence-electron chi connectivity index (χ4n) is 2.27. The van der Waals surface area contributed by atoms with Crippen LogP contribution in [0.2, 0.25) is 0 Å². The van der Waals surface area contributed by atoms with Gasteiger partial charge in [0.15, 0.2) is 0 Å². The van der Waals surface area contributed by atoms with Crippen molar-refractivity contribution < 1.29 is 0 Å². The number of azide groups is 1. The predicted octanol–water partition coefficient (Wildman–Crippen LogP) is 4.14. The van der Waals surface area contributed by atoms with Gasteiger partial charge in [0.1, 0.15) is 5.69 Å². The fourth-order valence-corrected chi connectivity index (χ4v) is 2.27. The fraction of sp³-hybridized carbons (Fsp3) is 0. The molecule has 0 unspecified atom stereocenters. The maximum atomic E-state index is 12.1. The summed E-state index contributed by atoms with van der Waals surface area (Å²) in [6, 6.07) is 16.9. The van der Waals surface area contributed by atoms with Gasteiger partial charge in [0, 0.05) is 21.4 Å². The Hall–Kier alpha value is -3.04. The molecule has 5 heteroatoms. The first-order valence-corrected chi connectivity index (χ1v) is 6.07. The summed E-state index contributed by atoms with van der Waals surface area (Å²) in [6.45, 7) is 0. The van der Waals surface area contributed by atoms with Crippen molar-refractivity contribution in [1.82, 2.24) is 4.98 Å². The second-order valence-electron chi connectivity index (χ2n) is 4.28. The third-order valence-electron chi connectivity index (χ3n) is 3.10. The quantitative estimate of drug-likeness (QED) is 0.420. The van der Waals surface area contributed by atoms with Crippen LogP contribution in [-0.2, 0) is 0 Å². The van der Waals surface area contributed by atoms with Gasteiger partial charge in [-0.3, -0.25) is 4.79 Å². The SMILES string of the molecule is [N-]=[N+]=Nc1c(-c2ccccc2)c2ccccc2[nH]c1=O. The van der Waals surface area contributed by atoms with Crippen LogP contribution in [0, 0.1) is 0 Å². The van der Waals surface area contributed by atoms with Crippen LogP contribution in [0.5, 0.6) is 0 Å². The van der Waals surface area contributed by atoms with Gasteiger partial charge < -0.3 is 4.98 Å². The molecule has 0 aliphatic heterocycles.